The number of carbonyl (C=O) groups excluding carboxylic acids is 2. The number of para-hydroxylation sites is 1. The molecule has 156 valence electrons. The molecular formula is C21H16ClN5O3S. The van der Waals surface area contributed by atoms with E-state index >= 15 is 0 Å². The minimum Gasteiger partial charge on any atom is -0.455 e. The van der Waals surface area contributed by atoms with Crippen LogP contribution in [0, 0.1) is 0 Å². The molecule has 0 spiro atoms. The molecule has 8 nitrogen and oxygen atoms in total. The van der Waals surface area contributed by atoms with Crippen molar-refractivity contribution in [1.29, 1.82) is 0 Å². The molecule has 4 rings (SSSR count). The summed E-state index contributed by atoms with van der Waals surface area (Å²) in [7, 11) is 1.53. The Balaban J connectivity index is 1.52. The first-order valence-corrected chi connectivity index (χ1v) is 10.3. The van der Waals surface area contributed by atoms with Gasteiger partial charge in [0.05, 0.1) is 4.70 Å². The number of nitrogens with one attached hydrogen (secondary N) is 3. The van der Waals surface area contributed by atoms with Crippen molar-refractivity contribution in [2.24, 2.45) is 0 Å². The lowest BCUT2D eigenvalue weighted by Gasteiger charge is -2.07. The molecule has 0 aliphatic carbocycles. The Morgan fingerprint density at radius 3 is 2.65 bits per heavy atom. The van der Waals surface area contributed by atoms with Crippen LogP contribution in [0.5, 0.6) is 11.5 Å². The summed E-state index contributed by atoms with van der Waals surface area (Å²) in [5.41, 5.74) is 1.44. The molecule has 31 heavy (non-hydrogen) atoms. The molecule has 3 N–H and O–H groups in total. The van der Waals surface area contributed by atoms with Gasteiger partial charge in [0.2, 0.25) is 0 Å². The van der Waals surface area contributed by atoms with Gasteiger partial charge in [0.25, 0.3) is 5.91 Å². The number of amides is 3. The zero-order chi connectivity index (χ0) is 21.8. The molecule has 0 atom stereocenters. The number of hydrogen-bond donors (Lipinski definition) is 3. The molecule has 2 aromatic heterocycles. The number of halogens is 1. The van der Waals surface area contributed by atoms with Crippen LogP contribution in [0.15, 0.2) is 60.8 Å². The predicted molar refractivity (Wildman–Crippen MR) is 121 cm³/mol. The van der Waals surface area contributed by atoms with Crippen molar-refractivity contribution in [3.8, 4) is 11.5 Å². The number of nitrogens with zero attached hydrogens (tertiary/aromatic N) is 2. The molecule has 0 bridgehead atoms. The first kappa shape index (κ1) is 20.6. The number of thiazole rings is 1. The maximum Gasteiger partial charge on any atom is 0.325 e. The number of aromatic nitrogens is 2. The molecule has 2 heterocycles. The second-order valence-electron chi connectivity index (χ2n) is 6.27. The zero-order valence-corrected chi connectivity index (χ0v) is 17.8. The number of fused-ring (bicyclic) bond motifs is 1. The van der Waals surface area contributed by atoms with E-state index < -0.39 is 6.03 Å². The maximum absolute atomic E-state index is 12.3. The molecular weight excluding hydrogens is 438 g/mol. The van der Waals surface area contributed by atoms with Crippen LogP contribution in [0.3, 0.4) is 0 Å². The smallest absolute Gasteiger partial charge is 0.325 e. The van der Waals surface area contributed by atoms with Crippen LogP contribution in [0.2, 0.25) is 5.02 Å². The van der Waals surface area contributed by atoms with Crippen molar-refractivity contribution in [2.75, 3.05) is 17.7 Å². The van der Waals surface area contributed by atoms with Gasteiger partial charge in [-0.1, -0.05) is 29.0 Å². The fourth-order valence-corrected chi connectivity index (χ4v) is 3.71. The largest absolute Gasteiger partial charge is 0.455 e. The molecule has 0 aliphatic rings. The molecule has 3 amide bonds. The van der Waals surface area contributed by atoms with Gasteiger partial charge in [0.1, 0.15) is 17.0 Å². The van der Waals surface area contributed by atoms with Crippen molar-refractivity contribution >= 4 is 55.9 Å². The average molecular weight is 454 g/mol. The van der Waals surface area contributed by atoms with Gasteiger partial charge >= 0.3 is 6.03 Å². The Kier molecular flexibility index (Phi) is 5.96. The van der Waals surface area contributed by atoms with E-state index in [0.717, 1.165) is 4.70 Å². The summed E-state index contributed by atoms with van der Waals surface area (Å²) in [6, 6.07) is 15.0. The Morgan fingerprint density at radius 2 is 1.87 bits per heavy atom. The molecule has 0 saturated carbocycles. The van der Waals surface area contributed by atoms with Gasteiger partial charge in [-0.3, -0.25) is 15.1 Å². The van der Waals surface area contributed by atoms with Gasteiger partial charge in [-0.05, 0) is 42.5 Å². The molecule has 0 unspecified atom stereocenters. The average Bonchev–Trinajstić information content (AvgIpc) is 3.18. The standard InChI is InChI=1S/C21H16ClN5O3S/c1-23-19(28)15-11-14(9-10-24-15)30-16-3-2-4-17-18(16)26-21(31-17)27-20(29)25-13-7-5-12(22)6-8-13/h2-11H,1H3,(H,23,28)(H2,25,26,27,29). The first-order chi connectivity index (χ1) is 15.0. The number of ether oxygens (including phenoxy) is 1. The minimum atomic E-state index is -0.423. The Hall–Kier alpha value is -3.69. The number of urea groups is 1. The first-order valence-electron chi connectivity index (χ1n) is 9.11. The summed E-state index contributed by atoms with van der Waals surface area (Å²) in [4.78, 5) is 32.6. The Labute approximate surface area is 186 Å². The molecule has 2 aromatic carbocycles. The van der Waals surface area contributed by atoms with E-state index in [1.54, 1.807) is 42.5 Å². The number of anilines is 2. The highest BCUT2D eigenvalue weighted by atomic mass is 35.5. The lowest BCUT2D eigenvalue weighted by Crippen LogP contribution is -2.19. The van der Waals surface area contributed by atoms with Gasteiger partial charge < -0.3 is 15.4 Å². The minimum absolute atomic E-state index is 0.242. The van der Waals surface area contributed by atoms with Crippen molar-refractivity contribution in [3.63, 3.8) is 0 Å². The maximum atomic E-state index is 12.3. The number of pyridine rings is 1. The summed E-state index contributed by atoms with van der Waals surface area (Å²) in [6.45, 7) is 0. The van der Waals surface area contributed by atoms with Crippen LogP contribution in [-0.4, -0.2) is 29.0 Å². The van der Waals surface area contributed by atoms with Crippen molar-refractivity contribution in [3.05, 3.63) is 71.5 Å². The number of carbonyl (C=O) groups is 2. The van der Waals surface area contributed by atoms with E-state index in [2.05, 4.69) is 25.9 Å². The topological polar surface area (TPSA) is 105 Å². The number of benzene rings is 2. The van der Waals surface area contributed by atoms with E-state index in [1.807, 2.05) is 12.1 Å². The van der Waals surface area contributed by atoms with E-state index in [1.165, 1.54) is 24.6 Å². The Morgan fingerprint density at radius 1 is 1.06 bits per heavy atom. The van der Waals surface area contributed by atoms with Crippen LogP contribution in [0.4, 0.5) is 15.6 Å². The Bertz CT molecular complexity index is 1260. The lowest BCUT2D eigenvalue weighted by atomic mass is 10.3. The molecule has 0 aliphatic heterocycles. The zero-order valence-electron chi connectivity index (χ0n) is 16.2. The van der Waals surface area contributed by atoms with Crippen molar-refractivity contribution in [2.45, 2.75) is 0 Å². The number of hydrogen-bond acceptors (Lipinski definition) is 6. The van der Waals surface area contributed by atoms with Crippen LogP contribution < -0.4 is 20.7 Å². The second-order valence-corrected chi connectivity index (χ2v) is 7.73. The quantitative estimate of drug-likeness (QED) is 0.388. The van der Waals surface area contributed by atoms with Gasteiger partial charge in [-0.2, -0.15) is 0 Å². The molecule has 4 aromatic rings. The highest BCUT2D eigenvalue weighted by Crippen LogP contribution is 2.34. The molecule has 0 fully saturated rings. The van der Waals surface area contributed by atoms with Crippen molar-refractivity contribution < 1.29 is 14.3 Å². The molecule has 10 heteroatoms. The van der Waals surface area contributed by atoms with Crippen LogP contribution >= 0.6 is 22.9 Å². The monoisotopic (exact) mass is 453 g/mol. The third-order valence-corrected chi connectivity index (χ3v) is 5.31. The van der Waals surface area contributed by atoms with E-state index in [-0.39, 0.29) is 11.6 Å². The van der Waals surface area contributed by atoms with E-state index in [9.17, 15) is 9.59 Å². The fourth-order valence-electron chi connectivity index (χ4n) is 2.71. The second kappa shape index (κ2) is 8.99. The third kappa shape index (κ3) is 4.90. The highest BCUT2D eigenvalue weighted by Gasteiger charge is 2.13. The van der Waals surface area contributed by atoms with Gasteiger partial charge in [0.15, 0.2) is 10.9 Å². The fraction of sp³-hybridized carbons (Fsp3) is 0.0476. The summed E-state index contributed by atoms with van der Waals surface area (Å²) >= 11 is 7.17. The third-order valence-electron chi connectivity index (χ3n) is 4.12. The summed E-state index contributed by atoms with van der Waals surface area (Å²) in [6.07, 6.45) is 1.50. The molecule has 0 radical (unpaired) electrons. The normalized spacial score (nSPS) is 10.5. The molecule has 0 saturated heterocycles. The van der Waals surface area contributed by atoms with Crippen LogP contribution in [0.25, 0.3) is 10.2 Å². The highest BCUT2D eigenvalue weighted by molar-refractivity contribution is 7.22. The number of rotatable bonds is 5. The van der Waals surface area contributed by atoms with Crippen molar-refractivity contribution in [1.82, 2.24) is 15.3 Å². The van der Waals surface area contributed by atoms with E-state index in [0.29, 0.717) is 32.9 Å². The SMILES string of the molecule is CNC(=O)c1cc(Oc2cccc3sc(NC(=O)Nc4ccc(Cl)cc4)nc23)ccn1. The summed E-state index contributed by atoms with van der Waals surface area (Å²) in [5.74, 6) is 0.633. The predicted octanol–water partition coefficient (Wildman–Crippen LogP) is 5.14. The lowest BCUT2D eigenvalue weighted by molar-refractivity contribution is 0.0958. The van der Waals surface area contributed by atoms with Crippen LogP contribution in [0.1, 0.15) is 10.5 Å². The van der Waals surface area contributed by atoms with Gasteiger partial charge in [-0.25, -0.2) is 9.78 Å². The summed E-state index contributed by atoms with van der Waals surface area (Å²) < 4.78 is 6.77. The van der Waals surface area contributed by atoms with Gasteiger partial charge in [0, 0.05) is 30.0 Å². The van der Waals surface area contributed by atoms with E-state index in [4.69, 9.17) is 16.3 Å². The van der Waals surface area contributed by atoms with Gasteiger partial charge in [-0.15, -0.1) is 0 Å². The van der Waals surface area contributed by atoms with Crippen LogP contribution in [-0.2, 0) is 0 Å². The summed E-state index contributed by atoms with van der Waals surface area (Å²) in [5, 5.41) is 8.97.